The molecule has 1 aliphatic heterocycles. The van der Waals surface area contributed by atoms with E-state index < -0.39 is 5.82 Å². The number of halogens is 2. The molecule has 1 aromatic heterocycles. The van der Waals surface area contributed by atoms with Crippen molar-refractivity contribution in [3.63, 3.8) is 0 Å². The van der Waals surface area contributed by atoms with Gasteiger partial charge in [-0.1, -0.05) is 19.1 Å². The smallest absolute Gasteiger partial charge is 0.227 e. The summed E-state index contributed by atoms with van der Waals surface area (Å²) in [5.74, 6) is -0.302. The Morgan fingerprint density at radius 3 is 2.47 bits per heavy atom. The van der Waals surface area contributed by atoms with E-state index in [1.807, 2.05) is 11.8 Å². The van der Waals surface area contributed by atoms with Crippen LogP contribution in [0, 0.1) is 17.6 Å². The zero-order valence-electron chi connectivity index (χ0n) is 20.7. The number of rotatable bonds is 9. The maximum absolute atomic E-state index is 15.1. The quantitative estimate of drug-likeness (QED) is 0.455. The van der Waals surface area contributed by atoms with Crippen molar-refractivity contribution in [1.29, 1.82) is 0 Å². The molecule has 8 nitrogen and oxygen atoms in total. The number of anilines is 2. The van der Waals surface area contributed by atoms with Crippen LogP contribution < -0.4 is 25.4 Å². The fourth-order valence-corrected chi connectivity index (χ4v) is 4.70. The molecule has 3 N–H and O–H groups in total. The number of ketones is 1. The zero-order valence-corrected chi connectivity index (χ0v) is 20.7. The van der Waals surface area contributed by atoms with E-state index in [1.54, 1.807) is 18.2 Å². The van der Waals surface area contributed by atoms with Gasteiger partial charge in [-0.25, -0.2) is 13.8 Å². The maximum Gasteiger partial charge on any atom is 0.227 e. The molecule has 2 aromatic carbocycles. The van der Waals surface area contributed by atoms with Crippen LogP contribution in [0.1, 0.15) is 37.8 Å². The molecular weight excluding hydrogens is 468 g/mol. The molecule has 0 bridgehead atoms. The second-order valence-corrected chi connectivity index (χ2v) is 8.82. The van der Waals surface area contributed by atoms with E-state index in [9.17, 15) is 9.18 Å². The average molecular weight is 500 g/mol. The third kappa shape index (κ3) is 5.18. The van der Waals surface area contributed by atoms with Crippen molar-refractivity contribution in [3.8, 4) is 11.5 Å². The molecule has 0 saturated carbocycles. The molecule has 1 saturated heterocycles. The summed E-state index contributed by atoms with van der Waals surface area (Å²) >= 11 is 0. The standard InChI is InChI=1S/C26H31F2N5O3/c1-4-30-19(15-5-7-17(27)8-6-15)14-20(34)16-9-11-33(12-10-16)26-31-23-18(25(29)32-26)13-21(35-2)24(36-3)22(23)28/h5-8,13,16,19,30H,4,9-12,14H2,1-3H3,(H2,29,31,32)/t19-/m1/s1. The molecule has 2 heterocycles. The number of hydrogen-bond donors (Lipinski definition) is 2. The van der Waals surface area contributed by atoms with Gasteiger partial charge < -0.3 is 25.4 Å². The Morgan fingerprint density at radius 1 is 1.17 bits per heavy atom. The van der Waals surface area contributed by atoms with Crippen LogP contribution >= 0.6 is 0 Å². The fourth-order valence-electron chi connectivity index (χ4n) is 4.70. The number of piperidine rings is 1. The summed E-state index contributed by atoms with van der Waals surface area (Å²) in [5.41, 5.74) is 7.09. The van der Waals surface area contributed by atoms with Crippen LogP contribution in [0.25, 0.3) is 10.9 Å². The number of nitrogens with one attached hydrogen (secondary N) is 1. The van der Waals surface area contributed by atoms with Gasteiger partial charge in [0.25, 0.3) is 0 Å². The minimum atomic E-state index is -0.664. The van der Waals surface area contributed by atoms with Crippen LogP contribution in [-0.2, 0) is 4.79 Å². The fraction of sp³-hybridized carbons (Fsp3) is 0.423. The van der Waals surface area contributed by atoms with Gasteiger partial charge in [-0.2, -0.15) is 4.98 Å². The van der Waals surface area contributed by atoms with Gasteiger partial charge in [0.15, 0.2) is 17.3 Å². The largest absolute Gasteiger partial charge is 0.493 e. The highest BCUT2D eigenvalue weighted by atomic mass is 19.1. The Hall–Kier alpha value is -3.53. The molecule has 0 spiro atoms. The van der Waals surface area contributed by atoms with E-state index in [0.29, 0.717) is 50.2 Å². The summed E-state index contributed by atoms with van der Waals surface area (Å²) in [6.45, 7) is 3.75. The molecule has 0 radical (unpaired) electrons. The minimum absolute atomic E-state index is 0.0465. The van der Waals surface area contributed by atoms with Gasteiger partial charge in [-0.15, -0.1) is 0 Å². The topological polar surface area (TPSA) is 103 Å². The first-order valence-corrected chi connectivity index (χ1v) is 12.0. The number of nitrogens with two attached hydrogens (primary N) is 1. The lowest BCUT2D eigenvalue weighted by Crippen LogP contribution is -2.38. The first kappa shape index (κ1) is 25.6. The lowest BCUT2D eigenvalue weighted by Gasteiger charge is -2.32. The molecule has 192 valence electrons. The number of ether oxygens (including phenoxy) is 2. The van der Waals surface area contributed by atoms with Crippen molar-refractivity contribution in [2.24, 2.45) is 5.92 Å². The number of carbonyl (C=O) groups excluding carboxylic acids is 1. The van der Waals surface area contributed by atoms with Gasteiger partial charge in [0.05, 0.1) is 14.2 Å². The highest BCUT2D eigenvalue weighted by Gasteiger charge is 2.29. The Morgan fingerprint density at radius 2 is 1.86 bits per heavy atom. The zero-order chi connectivity index (χ0) is 25.8. The predicted molar refractivity (Wildman–Crippen MR) is 134 cm³/mol. The molecule has 1 aliphatic rings. The van der Waals surface area contributed by atoms with Gasteiger partial charge >= 0.3 is 0 Å². The molecule has 4 rings (SSSR count). The van der Waals surface area contributed by atoms with E-state index in [2.05, 4.69) is 15.3 Å². The number of fused-ring (bicyclic) bond motifs is 1. The normalized spacial score (nSPS) is 15.2. The van der Waals surface area contributed by atoms with Crippen LogP contribution in [0.5, 0.6) is 11.5 Å². The third-order valence-electron chi connectivity index (χ3n) is 6.66. The SMILES string of the molecule is CCN[C@H](CC(=O)C1CCN(c2nc(N)c3cc(OC)c(OC)c(F)c3n2)CC1)c1ccc(F)cc1. The Kier molecular flexibility index (Phi) is 7.83. The van der Waals surface area contributed by atoms with Gasteiger partial charge in [-0.3, -0.25) is 4.79 Å². The molecule has 0 amide bonds. The van der Waals surface area contributed by atoms with Crippen molar-refractivity contribution in [2.45, 2.75) is 32.2 Å². The summed E-state index contributed by atoms with van der Waals surface area (Å²) in [5, 5.41) is 3.67. The minimum Gasteiger partial charge on any atom is -0.493 e. The Bertz CT molecular complexity index is 1230. The van der Waals surface area contributed by atoms with Crippen molar-refractivity contribution in [2.75, 3.05) is 44.5 Å². The average Bonchev–Trinajstić information content (AvgIpc) is 2.89. The Labute approximate surface area is 208 Å². The van der Waals surface area contributed by atoms with Crippen molar-refractivity contribution < 1.29 is 23.0 Å². The van der Waals surface area contributed by atoms with Gasteiger partial charge in [0, 0.05) is 36.9 Å². The van der Waals surface area contributed by atoms with Crippen molar-refractivity contribution in [3.05, 3.63) is 47.5 Å². The third-order valence-corrected chi connectivity index (χ3v) is 6.66. The number of aromatic nitrogens is 2. The van der Waals surface area contributed by atoms with Gasteiger partial charge in [-0.05, 0) is 43.1 Å². The van der Waals surface area contributed by atoms with E-state index in [0.717, 1.165) is 5.56 Å². The lowest BCUT2D eigenvalue weighted by molar-refractivity contribution is -0.124. The summed E-state index contributed by atoms with van der Waals surface area (Å²) in [6, 6.07) is 7.63. The molecule has 1 fully saturated rings. The number of benzene rings is 2. The van der Waals surface area contributed by atoms with Gasteiger partial charge in [0.2, 0.25) is 5.95 Å². The van der Waals surface area contributed by atoms with E-state index in [4.69, 9.17) is 15.2 Å². The molecule has 3 aromatic rings. The summed E-state index contributed by atoms with van der Waals surface area (Å²) in [6.07, 6.45) is 1.57. The Balaban J connectivity index is 1.47. The van der Waals surface area contributed by atoms with E-state index in [-0.39, 0.29) is 46.4 Å². The number of methoxy groups -OCH3 is 2. The van der Waals surface area contributed by atoms with Crippen LogP contribution in [0.2, 0.25) is 0 Å². The number of nitrogens with zero attached hydrogens (tertiary/aromatic N) is 3. The molecule has 10 heteroatoms. The number of carbonyl (C=O) groups is 1. The van der Waals surface area contributed by atoms with Crippen LogP contribution in [0.15, 0.2) is 30.3 Å². The van der Waals surface area contributed by atoms with Crippen LogP contribution in [-0.4, -0.2) is 49.6 Å². The predicted octanol–water partition coefficient (Wildman–Crippen LogP) is 4.03. The number of Topliss-reactive ketones (excluding diaryl/α,β-unsaturated/α-hetero) is 1. The molecule has 1 atom stereocenters. The van der Waals surface area contributed by atoms with Crippen molar-refractivity contribution >= 4 is 28.5 Å². The summed E-state index contributed by atoms with van der Waals surface area (Å²) < 4.78 is 38.8. The van der Waals surface area contributed by atoms with E-state index >= 15 is 4.39 Å². The first-order valence-electron chi connectivity index (χ1n) is 12.0. The highest BCUT2D eigenvalue weighted by molar-refractivity contribution is 5.92. The molecule has 0 unspecified atom stereocenters. The summed E-state index contributed by atoms with van der Waals surface area (Å²) in [4.78, 5) is 23.8. The lowest BCUT2D eigenvalue weighted by atomic mass is 9.88. The van der Waals surface area contributed by atoms with Gasteiger partial charge in [0.1, 0.15) is 22.9 Å². The molecule has 36 heavy (non-hydrogen) atoms. The number of hydrogen-bond acceptors (Lipinski definition) is 8. The highest BCUT2D eigenvalue weighted by Crippen LogP contribution is 2.38. The van der Waals surface area contributed by atoms with E-state index in [1.165, 1.54) is 26.4 Å². The maximum atomic E-state index is 15.1. The molecule has 0 aliphatic carbocycles. The first-order chi connectivity index (χ1) is 17.4. The molecular formula is C26H31F2N5O3. The monoisotopic (exact) mass is 499 g/mol. The second kappa shape index (κ2) is 11.0. The summed E-state index contributed by atoms with van der Waals surface area (Å²) in [7, 11) is 2.77. The van der Waals surface area contributed by atoms with Crippen LogP contribution in [0.3, 0.4) is 0 Å². The second-order valence-electron chi connectivity index (χ2n) is 8.82. The number of nitrogen functional groups attached to an aromatic ring is 1. The van der Waals surface area contributed by atoms with Crippen molar-refractivity contribution in [1.82, 2.24) is 15.3 Å². The van der Waals surface area contributed by atoms with Crippen LogP contribution in [0.4, 0.5) is 20.5 Å².